The van der Waals surface area contributed by atoms with Crippen LogP contribution in [0.4, 0.5) is 0 Å². The Labute approximate surface area is 72.5 Å². The molecular formula is C9H15NO2. The zero-order valence-electron chi connectivity index (χ0n) is 7.81. The van der Waals surface area contributed by atoms with Gasteiger partial charge in [0.15, 0.2) is 0 Å². The predicted octanol–water partition coefficient (Wildman–Crippen LogP) is 0.738. The molecule has 1 amide bonds. The second-order valence-corrected chi connectivity index (χ2v) is 4.25. The molecule has 1 rings (SSSR count). The van der Waals surface area contributed by atoms with E-state index in [0.717, 1.165) is 0 Å². The Bertz CT molecular complexity index is 221. The molecule has 1 heterocycles. The van der Waals surface area contributed by atoms with E-state index >= 15 is 0 Å². The van der Waals surface area contributed by atoms with Gasteiger partial charge in [0.2, 0.25) is 5.91 Å². The van der Waals surface area contributed by atoms with Crippen molar-refractivity contribution in [1.82, 2.24) is 5.32 Å². The van der Waals surface area contributed by atoms with Crippen LogP contribution in [0, 0.1) is 11.3 Å². The van der Waals surface area contributed by atoms with Gasteiger partial charge in [-0.25, -0.2) is 0 Å². The fourth-order valence-corrected chi connectivity index (χ4v) is 1.31. The van der Waals surface area contributed by atoms with Crippen molar-refractivity contribution in [2.24, 2.45) is 11.3 Å². The summed E-state index contributed by atoms with van der Waals surface area (Å²) in [5.74, 6) is -0.549. The van der Waals surface area contributed by atoms with Crippen LogP contribution in [0.2, 0.25) is 0 Å². The Morgan fingerprint density at radius 2 is 2.00 bits per heavy atom. The fraction of sp³-hybridized carbons (Fsp3) is 0.778. The number of amides is 1. The average molecular weight is 169 g/mol. The molecule has 3 heteroatoms. The standard InChI is InChI=1S/C9H15NO2/c1-6-7(11)4-9(2,3)5-10-8(6)12/h6H,4-5H2,1-3H3,(H,10,12). The van der Waals surface area contributed by atoms with E-state index in [0.29, 0.717) is 13.0 Å². The Morgan fingerprint density at radius 1 is 1.42 bits per heavy atom. The molecule has 1 saturated heterocycles. The van der Waals surface area contributed by atoms with Crippen LogP contribution in [0.25, 0.3) is 0 Å². The second kappa shape index (κ2) is 2.88. The van der Waals surface area contributed by atoms with Crippen LogP contribution in [0.1, 0.15) is 27.2 Å². The zero-order chi connectivity index (χ0) is 9.35. The molecule has 3 nitrogen and oxygen atoms in total. The van der Waals surface area contributed by atoms with E-state index in [9.17, 15) is 9.59 Å². The van der Waals surface area contributed by atoms with Crippen LogP contribution in [0.3, 0.4) is 0 Å². The fourth-order valence-electron chi connectivity index (χ4n) is 1.31. The van der Waals surface area contributed by atoms with E-state index in [1.165, 1.54) is 0 Å². The van der Waals surface area contributed by atoms with Crippen molar-refractivity contribution in [3.63, 3.8) is 0 Å². The summed E-state index contributed by atoms with van der Waals surface area (Å²) in [6.45, 7) is 6.24. The number of nitrogens with one attached hydrogen (secondary N) is 1. The molecule has 68 valence electrons. The SMILES string of the molecule is CC1C(=O)CC(C)(C)CNC1=O. The molecule has 1 fully saturated rings. The first-order valence-electron chi connectivity index (χ1n) is 4.23. The number of carbonyl (C=O) groups excluding carboxylic acids is 2. The lowest BCUT2D eigenvalue weighted by Gasteiger charge is -2.20. The molecule has 1 aliphatic heterocycles. The molecule has 12 heavy (non-hydrogen) atoms. The molecule has 0 aromatic heterocycles. The van der Waals surface area contributed by atoms with Gasteiger partial charge in [-0.15, -0.1) is 0 Å². The van der Waals surface area contributed by atoms with Gasteiger partial charge >= 0.3 is 0 Å². The number of hydrogen-bond donors (Lipinski definition) is 1. The number of Topliss-reactive ketones (excluding diaryl/α,β-unsaturated/α-hetero) is 1. The van der Waals surface area contributed by atoms with E-state index in [1.54, 1.807) is 6.92 Å². The minimum absolute atomic E-state index is 0.0509. The van der Waals surface area contributed by atoms with Crippen LogP contribution < -0.4 is 5.32 Å². The lowest BCUT2D eigenvalue weighted by molar-refractivity contribution is -0.132. The van der Waals surface area contributed by atoms with Gasteiger partial charge < -0.3 is 5.32 Å². The van der Waals surface area contributed by atoms with Crippen molar-refractivity contribution in [3.05, 3.63) is 0 Å². The minimum atomic E-state index is -0.466. The summed E-state index contributed by atoms with van der Waals surface area (Å²) in [4.78, 5) is 22.6. The van der Waals surface area contributed by atoms with Gasteiger partial charge in [0.25, 0.3) is 0 Å². The zero-order valence-corrected chi connectivity index (χ0v) is 7.81. The maximum atomic E-state index is 11.4. The Hall–Kier alpha value is -0.860. The molecule has 0 aromatic rings. The van der Waals surface area contributed by atoms with Crippen molar-refractivity contribution in [2.45, 2.75) is 27.2 Å². The molecule has 1 aliphatic rings. The first-order valence-corrected chi connectivity index (χ1v) is 4.23. The smallest absolute Gasteiger partial charge is 0.230 e. The van der Waals surface area contributed by atoms with E-state index < -0.39 is 5.92 Å². The molecule has 1 unspecified atom stereocenters. The molecule has 0 bridgehead atoms. The van der Waals surface area contributed by atoms with Gasteiger partial charge in [-0.3, -0.25) is 9.59 Å². The lowest BCUT2D eigenvalue weighted by Crippen LogP contribution is -2.32. The van der Waals surface area contributed by atoms with Crippen molar-refractivity contribution in [1.29, 1.82) is 0 Å². The highest BCUT2D eigenvalue weighted by atomic mass is 16.2. The average Bonchev–Trinajstić information content (AvgIpc) is 2.03. The lowest BCUT2D eigenvalue weighted by atomic mass is 9.86. The van der Waals surface area contributed by atoms with Gasteiger partial charge in [0.1, 0.15) is 5.78 Å². The second-order valence-electron chi connectivity index (χ2n) is 4.25. The maximum absolute atomic E-state index is 11.4. The summed E-state index contributed by atoms with van der Waals surface area (Å²) in [7, 11) is 0. The first-order chi connectivity index (χ1) is 5.42. The quantitative estimate of drug-likeness (QED) is 0.543. The largest absolute Gasteiger partial charge is 0.355 e. The Morgan fingerprint density at radius 3 is 2.58 bits per heavy atom. The third-order valence-corrected chi connectivity index (χ3v) is 2.27. The van der Waals surface area contributed by atoms with Crippen molar-refractivity contribution < 1.29 is 9.59 Å². The van der Waals surface area contributed by atoms with Gasteiger partial charge in [-0.05, 0) is 12.3 Å². The molecule has 0 saturated carbocycles. The highest BCUT2D eigenvalue weighted by molar-refractivity contribution is 6.01. The van der Waals surface area contributed by atoms with E-state index in [-0.39, 0.29) is 17.1 Å². The first kappa shape index (κ1) is 9.23. The number of carbonyl (C=O) groups is 2. The van der Waals surface area contributed by atoms with Crippen LogP contribution in [0.5, 0.6) is 0 Å². The molecule has 1 N–H and O–H groups in total. The molecule has 0 radical (unpaired) electrons. The summed E-state index contributed by atoms with van der Waals surface area (Å²) in [6.07, 6.45) is 0.493. The molecule has 0 aromatic carbocycles. The van der Waals surface area contributed by atoms with Crippen LogP contribution in [0.15, 0.2) is 0 Å². The van der Waals surface area contributed by atoms with Gasteiger partial charge in [0.05, 0.1) is 5.92 Å². The van der Waals surface area contributed by atoms with Crippen molar-refractivity contribution in [2.75, 3.05) is 6.54 Å². The molecular weight excluding hydrogens is 154 g/mol. The highest BCUT2D eigenvalue weighted by Crippen LogP contribution is 2.24. The molecule has 1 atom stereocenters. The number of ketones is 1. The Balaban J connectivity index is 2.80. The molecule has 0 spiro atoms. The third kappa shape index (κ3) is 1.84. The maximum Gasteiger partial charge on any atom is 0.230 e. The number of rotatable bonds is 0. The summed E-state index contributed by atoms with van der Waals surface area (Å²) >= 11 is 0. The summed E-state index contributed by atoms with van der Waals surface area (Å²) in [6, 6.07) is 0. The van der Waals surface area contributed by atoms with Crippen LogP contribution in [-0.2, 0) is 9.59 Å². The van der Waals surface area contributed by atoms with E-state index in [1.807, 2.05) is 13.8 Å². The number of hydrogen-bond acceptors (Lipinski definition) is 2. The monoisotopic (exact) mass is 169 g/mol. The minimum Gasteiger partial charge on any atom is -0.355 e. The van der Waals surface area contributed by atoms with E-state index in [2.05, 4.69) is 5.32 Å². The summed E-state index contributed by atoms with van der Waals surface area (Å²) in [5.41, 5.74) is -0.0858. The normalized spacial score (nSPS) is 29.4. The van der Waals surface area contributed by atoms with Crippen molar-refractivity contribution >= 4 is 11.7 Å². The van der Waals surface area contributed by atoms with Crippen LogP contribution >= 0.6 is 0 Å². The topological polar surface area (TPSA) is 46.2 Å². The third-order valence-electron chi connectivity index (χ3n) is 2.27. The summed E-state index contributed by atoms with van der Waals surface area (Å²) < 4.78 is 0. The highest BCUT2D eigenvalue weighted by Gasteiger charge is 2.32. The predicted molar refractivity (Wildman–Crippen MR) is 45.6 cm³/mol. The van der Waals surface area contributed by atoms with Gasteiger partial charge in [0, 0.05) is 13.0 Å². The van der Waals surface area contributed by atoms with E-state index in [4.69, 9.17) is 0 Å². The summed E-state index contributed by atoms with van der Waals surface area (Å²) in [5, 5.41) is 2.76. The Kier molecular flexibility index (Phi) is 2.22. The molecule has 0 aliphatic carbocycles. The van der Waals surface area contributed by atoms with Crippen LogP contribution in [-0.4, -0.2) is 18.2 Å². The van der Waals surface area contributed by atoms with Gasteiger partial charge in [-0.1, -0.05) is 13.8 Å². The van der Waals surface area contributed by atoms with Crippen molar-refractivity contribution in [3.8, 4) is 0 Å². The van der Waals surface area contributed by atoms with Gasteiger partial charge in [-0.2, -0.15) is 0 Å².